The summed E-state index contributed by atoms with van der Waals surface area (Å²) >= 11 is 0. The van der Waals surface area contributed by atoms with Gasteiger partial charge in [-0.15, -0.1) is 0 Å². The minimum atomic E-state index is -1.19. The molecule has 0 aliphatic carbocycles. The van der Waals surface area contributed by atoms with Crippen LogP contribution in [-0.2, 0) is 40.0 Å². The first-order chi connectivity index (χ1) is 17.8. The van der Waals surface area contributed by atoms with Crippen LogP contribution in [0.1, 0.15) is 53.0 Å². The van der Waals surface area contributed by atoms with Crippen molar-refractivity contribution in [3.8, 4) is 0 Å². The maximum Gasteiger partial charge on any atom is 0.408 e. The van der Waals surface area contributed by atoms with Gasteiger partial charge in [-0.1, -0.05) is 44.2 Å². The number of amides is 3. The number of hydrogen-bond donors (Lipinski definition) is 1. The van der Waals surface area contributed by atoms with E-state index >= 15 is 0 Å². The lowest BCUT2D eigenvalue weighted by Gasteiger charge is -2.41. The SMILES string of the molecule is COC(=O)C[C@H]1C(=O)N(CC(=O)OC(C)(C)C)CCN1C(=O)[C@H](CC(C)C)NC(=O)OCc1ccccc1. The van der Waals surface area contributed by atoms with Crippen LogP contribution in [0.15, 0.2) is 30.3 Å². The van der Waals surface area contributed by atoms with E-state index in [-0.39, 0.29) is 38.6 Å². The van der Waals surface area contributed by atoms with Crippen LogP contribution in [0.25, 0.3) is 0 Å². The van der Waals surface area contributed by atoms with E-state index in [0.717, 1.165) is 5.56 Å². The number of ether oxygens (including phenoxy) is 3. The molecular weight excluding hydrogens is 494 g/mol. The Hall–Kier alpha value is -3.63. The molecule has 1 fully saturated rings. The van der Waals surface area contributed by atoms with Gasteiger partial charge in [0.05, 0.1) is 13.5 Å². The lowest BCUT2D eigenvalue weighted by atomic mass is 10.00. The minimum absolute atomic E-state index is 0.0292. The van der Waals surface area contributed by atoms with E-state index in [0.29, 0.717) is 0 Å². The fourth-order valence-corrected chi connectivity index (χ4v) is 4.03. The number of nitrogens with one attached hydrogen (secondary N) is 1. The molecule has 38 heavy (non-hydrogen) atoms. The third-order valence-corrected chi connectivity index (χ3v) is 5.70. The van der Waals surface area contributed by atoms with Crippen molar-refractivity contribution in [2.45, 2.75) is 71.8 Å². The van der Waals surface area contributed by atoms with Gasteiger partial charge < -0.3 is 29.3 Å². The zero-order chi connectivity index (χ0) is 28.5. The number of carbonyl (C=O) groups excluding carboxylic acids is 5. The molecule has 11 nitrogen and oxygen atoms in total. The second kappa shape index (κ2) is 13.8. The zero-order valence-electron chi connectivity index (χ0n) is 23.0. The maximum atomic E-state index is 13.6. The van der Waals surface area contributed by atoms with E-state index in [9.17, 15) is 24.0 Å². The Kier molecular flexibility index (Phi) is 11.1. The number of piperazine rings is 1. The highest BCUT2D eigenvalue weighted by molar-refractivity contribution is 5.95. The van der Waals surface area contributed by atoms with Crippen LogP contribution in [0.4, 0.5) is 4.79 Å². The summed E-state index contributed by atoms with van der Waals surface area (Å²) in [5.74, 6) is -2.34. The molecule has 1 N–H and O–H groups in total. The van der Waals surface area contributed by atoms with Gasteiger partial charge in [0.2, 0.25) is 11.8 Å². The Morgan fingerprint density at radius 3 is 2.29 bits per heavy atom. The zero-order valence-corrected chi connectivity index (χ0v) is 23.0. The third kappa shape index (κ3) is 9.68. The van der Waals surface area contributed by atoms with Gasteiger partial charge in [-0.05, 0) is 38.7 Å². The number of carbonyl (C=O) groups is 5. The number of benzene rings is 1. The van der Waals surface area contributed by atoms with E-state index in [1.807, 2.05) is 44.2 Å². The first kappa shape index (κ1) is 30.6. The molecule has 2 atom stereocenters. The van der Waals surface area contributed by atoms with Crippen LogP contribution in [0.3, 0.4) is 0 Å². The molecule has 0 spiro atoms. The molecule has 1 heterocycles. The van der Waals surface area contributed by atoms with E-state index in [1.165, 1.54) is 16.9 Å². The fraction of sp³-hybridized carbons (Fsp3) is 0.593. The molecule has 0 saturated carbocycles. The van der Waals surface area contributed by atoms with E-state index in [2.05, 4.69) is 5.32 Å². The van der Waals surface area contributed by atoms with Gasteiger partial charge in [-0.25, -0.2) is 4.79 Å². The van der Waals surface area contributed by atoms with Gasteiger partial charge in [-0.2, -0.15) is 0 Å². The number of methoxy groups -OCH3 is 1. The van der Waals surface area contributed by atoms with Crippen LogP contribution in [-0.4, -0.2) is 84.1 Å². The predicted octanol–water partition coefficient (Wildman–Crippen LogP) is 2.27. The highest BCUT2D eigenvalue weighted by Crippen LogP contribution is 2.20. The van der Waals surface area contributed by atoms with Crippen molar-refractivity contribution in [2.75, 3.05) is 26.7 Å². The van der Waals surface area contributed by atoms with Crippen LogP contribution < -0.4 is 5.32 Å². The van der Waals surface area contributed by atoms with E-state index < -0.39 is 54.0 Å². The van der Waals surface area contributed by atoms with Gasteiger partial charge >= 0.3 is 18.0 Å². The molecule has 1 aromatic rings. The summed E-state index contributed by atoms with van der Waals surface area (Å²) in [7, 11) is 1.19. The number of hydrogen-bond acceptors (Lipinski definition) is 8. The first-order valence-corrected chi connectivity index (χ1v) is 12.7. The molecular formula is C27H39N3O8. The predicted molar refractivity (Wildman–Crippen MR) is 138 cm³/mol. The number of rotatable bonds is 10. The summed E-state index contributed by atoms with van der Waals surface area (Å²) < 4.78 is 15.3. The standard InChI is InChI=1S/C27H39N3O8/c1-18(2)14-20(28-26(35)37-17-19-10-8-7-9-11-19)24(33)30-13-12-29(16-23(32)38-27(3,4)5)25(34)21(30)15-22(31)36-6/h7-11,18,20-21H,12-17H2,1-6H3,(H,28,35)/t20-,21-/m0/s1. The molecule has 1 aliphatic rings. The van der Waals surface area contributed by atoms with Crippen LogP contribution in [0, 0.1) is 5.92 Å². The summed E-state index contributed by atoms with van der Waals surface area (Å²) in [6, 6.07) is 6.94. The summed E-state index contributed by atoms with van der Waals surface area (Å²) in [4.78, 5) is 66.5. The van der Waals surface area contributed by atoms with Gasteiger partial charge in [0, 0.05) is 13.1 Å². The van der Waals surface area contributed by atoms with Crippen LogP contribution in [0.5, 0.6) is 0 Å². The summed E-state index contributed by atoms with van der Waals surface area (Å²) in [6.45, 7) is 8.79. The van der Waals surface area contributed by atoms with Crippen molar-refractivity contribution in [3.63, 3.8) is 0 Å². The second-order valence-electron chi connectivity index (χ2n) is 10.6. The molecule has 0 bridgehead atoms. The maximum absolute atomic E-state index is 13.6. The minimum Gasteiger partial charge on any atom is -0.469 e. The van der Waals surface area contributed by atoms with Crippen molar-refractivity contribution < 1.29 is 38.2 Å². The van der Waals surface area contributed by atoms with E-state index in [1.54, 1.807) is 20.8 Å². The van der Waals surface area contributed by atoms with Gasteiger partial charge in [0.15, 0.2) is 0 Å². The molecule has 1 aliphatic heterocycles. The lowest BCUT2D eigenvalue weighted by molar-refractivity contribution is -0.164. The monoisotopic (exact) mass is 533 g/mol. The Morgan fingerprint density at radius 1 is 1.05 bits per heavy atom. The molecule has 2 rings (SSSR count). The van der Waals surface area contributed by atoms with Gasteiger partial charge in [-0.3, -0.25) is 19.2 Å². The van der Waals surface area contributed by atoms with Gasteiger partial charge in [0.25, 0.3) is 0 Å². The van der Waals surface area contributed by atoms with Crippen molar-refractivity contribution in [1.82, 2.24) is 15.1 Å². The Morgan fingerprint density at radius 2 is 1.71 bits per heavy atom. The Balaban J connectivity index is 2.17. The molecule has 11 heteroatoms. The van der Waals surface area contributed by atoms with Crippen molar-refractivity contribution >= 4 is 29.8 Å². The largest absolute Gasteiger partial charge is 0.469 e. The number of alkyl carbamates (subject to hydrolysis) is 1. The number of esters is 2. The van der Waals surface area contributed by atoms with E-state index in [4.69, 9.17) is 14.2 Å². The Bertz CT molecular complexity index is 990. The smallest absolute Gasteiger partial charge is 0.408 e. The fourth-order valence-electron chi connectivity index (χ4n) is 4.03. The van der Waals surface area contributed by atoms with Gasteiger partial charge in [0.1, 0.15) is 30.8 Å². The highest BCUT2D eigenvalue weighted by Gasteiger charge is 2.42. The molecule has 0 aromatic heterocycles. The first-order valence-electron chi connectivity index (χ1n) is 12.7. The van der Waals surface area contributed by atoms with Crippen molar-refractivity contribution in [2.24, 2.45) is 5.92 Å². The summed E-state index contributed by atoms with van der Waals surface area (Å²) in [5.41, 5.74) is 0.0630. The lowest BCUT2D eigenvalue weighted by Crippen LogP contribution is -2.63. The van der Waals surface area contributed by atoms with Crippen molar-refractivity contribution in [1.29, 1.82) is 0 Å². The summed E-state index contributed by atoms with van der Waals surface area (Å²) in [5, 5.41) is 2.62. The van der Waals surface area contributed by atoms with Crippen LogP contribution in [0.2, 0.25) is 0 Å². The average molecular weight is 534 g/mol. The normalized spacial score (nSPS) is 16.6. The quantitative estimate of drug-likeness (QED) is 0.358. The molecule has 1 aromatic carbocycles. The molecule has 0 radical (unpaired) electrons. The molecule has 210 valence electrons. The van der Waals surface area contributed by atoms with Crippen LogP contribution >= 0.6 is 0 Å². The molecule has 1 saturated heterocycles. The Labute approximate surface area is 223 Å². The number of nitrogens with zero attached hydrogens (tertiary/aromatic N) is 2. The van der Waals surface area contributed by atoms with Crippen molar-refractivity contribution in [3.05, 3.63) is 35.9 Å². The third-order valence-electron chi connectivity index (χ3n) is 5.70. The average Bonchev–Trinajstić information content (AvgIpc) is 2.83. The summed E-state index contributed by atoms with van der Waals surface area (Å²) in [6.07, 6.45) is -0.873. The molecule has 3 amide bonds. The highest BCUT2D eigenvalue weighted by atomic mass is 16.6. The molecule has 0 unspecified atom stereocenters. The topological polar surface area (TPSA) is 132 Å². The second-order valence-corrected chi connectivity index (χ2v) is 10.6.